The average molecular weight is 398 g/mol. The van der Waals surface area contributed by atoms with Gasteiger partial charge in [0.15, 0.2) is 15.8 Å². The molecule has 0 aliphatic carbocycles. The predicted molar refractivity (Wildman–Crippen MR) is 88.1 cm³/mol. The molecule has 0 saturated heterocycles. The van der Waals surface area contributed by atoms with E-state index in [0.29, 0.717) is 5.02 Å². The monoisotopic (exact) mass is 397 g/mol. The number of hydrogen-bond donors (Lipinski definition) is 2. The highest BCUT2D eigenvalue weighted by molar-refractivity contribution is 7.91. The van der Waals surface area contributed by atoms with E-state index in [-0.39, 0.29) is 20.8 Å². The van der Waals surface area contributed by atoms with Crippen LogP contribution in [0.4, 0.5) is 0 Å². The second-order valence-electron chi connectivity index (χ2n) is 4.58. The van der Waals surface area contributed by atoms with Crippen molar-refractivity contribution in [2.24, 2.45) is 0 Å². The molecule has 0 aliphatic rings. The Kier molecular flexibility index (Phi) is 4.61. The van der Waals surface area contributed by atoms with Gasteiger partial charge in [-0.25, -0.2) is 13.4 Å². The molecule has 3 rings (SSSR count). The number of nitrogens with zero attached hydrogens (tertiary/aromatic N) is 4. The number of ketones is 1. The number of aromatic nitrogens is 5. The van der Waals surface area contributed by atoms with Crippen molar-refractivity contribution in [3.8, 4) is 0 Å². The second-order valence-corrected chi connectivity index (χ2v) is 7.77. The molecule has 0 unspecified atom stereocenters. The van der Waals surface area contributed by atoms with Gasteiger partial charge in [-0.15, -0.1) is 21.5 Å². The van der Waals surface area contributed by atoms with E-state index < -0.39 is 21.4 Å². The van der Waals surface area contributed by atoms with Crippen LogP contribution in [0.15, 0.2) is 45.6 Å². The number of aliphatic hydroxyl groups excluding tert-OH is 1. The van der Waals surface area contributed by atoms with Crippen LogP contribution in [-0.4, -0.2) is 44.9 Å². The minimum atomic E-state index is -3.87. The molecule has 0 bridgehead atoms. The van der Waals surface area contributed by atoms with Crippen LogP contribution in [0.3, 0.4) is 0 Å². The third-order valence-electron chi connectivity index (χ3n) is 2.94. The Labute approximate surface area is 149 Å². The van der Waals surface area contributed by atoms with Crippen LogP contribution < -0.4 is 0 Å². The normalized spacial score (nSPS) is 12.3. The first-order valence-corrected chi connectivity index (χ1v) is 9.27. The van der Waals surface area contributed by atoms with Crippen molar-refractivity contribution >= 4 is 44.3 Å². The number of hydrogen-bond acceptors (Lipinski definition) is 9. The van der Waals surface area contributed by atoms with Gasteiger partial charge in [0.2, 0.25) is 21.4 Å². The van der Waals surface area contributed by atoms with Crippen molar-refractivity contribution in [1.82, 2.24) is 25.6 Å². The molecule has 2 aromatic heterocycles. The summed E-state index contributed by atoms with van der Waals surface area (Å²) < 4.78 is 25.0. The van der Waals surface area contributed by atoms with Gasteiger partial charge in [-0.1, -0.05) is 11.6 Å². The van der Waals surface area contributed by atoms with Crippen molar-refractivity contribution in [2.75, 3.05) is 0 Å². The van der Waals surface area contributed by atoms with E-state index in [4.69, 9.17) is 11.6 Å². The molecule has 128 valence electrons. The Balaban J connectivity index is 1.88. The molecular weight excluding hydrogens is 390 g/mol. The molecule has 9 nitrogen and oxygen atoms in total. The average Bonchev–Trinajstić information content (AvgIpc) is 3.27. The molecule has 0 saturated carbocycles. The molecule has 0 aliphatic heterocycles. The number of allylic oxidation sites excluding steroid dienone is 1. The van der Waals surface area contributed by atoms with Crippen molar-refractivity contribution in [3.05, 3.63) is 51.6 Å². The van der Waals surface area contributed by atoms with Crippen LogP contribution in [0.2, 0.25) is 5.02 Å². The van der Waals surface area contributed by atoms with Crippen LogP contribution in [0.5, 0.6) is 0 Å². The SMILES string of the molecule is O=C(C=C(O)c1nn[nH]n1)c1nc(S(=O)(=O)c2ccc(Cl)cc2)cs1. The van der Waals surface area contributed by atoms with Gasteiger partial charge >= 0.3 is 0 Å². The van der Waals surface area contributed by atoms with Gasteiger partial charge in [0, 0.05) is 16.5 Å². The summed E-state index contributed by atoms with van der Waals surface area (Å²) in [6, 6.07) is 5.58. The quantitative estimate of drug-likeness (QED) is 0.378. The summed E-state index contributed by atoms with van der Waals surface area (Å²) in [6.45, 7) is 0. The van der Waals surface area contributed by atoms with E-state index in [2.05, 4.69) is 25.6 Å². The first-order chi connectivity index (χ1) is 11.9. The smallest absolute Gasteiger partial charge is 0.239 e. The second kappa shape index (κ2) is 6.70. The molecule has 3 aromatic rings. The zero-order valence-electron chi connectivity index (χ0n) is 12.1. The number of rotatable bonds is 5. The fourth-order valence-corrected chi connectivity index (χ4v) is 4.12. The molecule has 0 atom stereocenters. The summed E-state index contributed by atoms with van der Waals surface area (Å²) in [5.74, 6) is -1.38. The van der Waals surface area contributed by atoms with Gasteiger partial charge < -0.3 is 5.11 Å². The summed E-state index contributed by atoms with van der Waals surface area (Å²) in [5.41, 5.74) is 0. The largest absolute Gasteiger partial charge is 0.504 e. The number of thiazole rings is 1. The highest BCUT2D eigenvalue weighted by Crippen LogP contribution is 2.24. The van der Waals surface area contributed by atoms with E-state index in [1.54, 1.807) is 0 Å². The summed E-state index contributed by atoms with van der Waals surface area (Å²) in [7, 11) is -3.87. The van der Waals surface area contributed by atoms with Gasteiger partial charge in [-0.05, 0) is 29.5 Å². The standard InChI is InChI=1S/C13H8ClN5O4S2/c14-7-1-3-8(4-2-7)25(22,23)11-6-24-13(15-11)10(21)5-9(20)12-16-18-19-17-12/h1-6,20H,(H,16,17,18,19). The Bertz CT molecular complexity index is 1040. The van der Waals surface area contributed by atoms with Gasteiger partial charge in [0.1, 0.15) is 0 Å². The summed E-state index contributed by atoms with van der Waals surface area (Å²) in [6.07, 6.45) is 0.836. The number of aliphatic hydroxyl groups is 1. The van der Waals surface area contributed by atoms with Gasteiger partial charge in [-0.3, -0.25) is 4.79 Å². The van der Waals surface area contributed by atoms with Crippen molar-refractivity contribution in [1.29, 1.82) is 0 Å². The number of halogens is 1. The topological polar surface area (TPSA) is 139 Å². The highest BCUT2D eigenvalue weighted by Gasteiger charge is 2.23. The number of carbonyl (C=O) groups excluding carboxylic acids is 1. The van der Waals surface area contributed by atoms with E-state index in [1.165, 1.54) is 29.6 Å². The van der Waals surface area contributed by atoms with Crippen molar-refractivity contribution in [3.63, 3.8) is 0 Å². The molecule has 1 aromatic carbocycles. The fourth-order valence-electron chi connectivity index (χ4n) is 1.75. The van der Waals surface area contributed by atoms with Crippen molar-refractivity contribution in [2.45, 2.75) is 9.92 Å². The van der Waals surface area contributed by atoms with E-state index in [0.717, 1.165) is 17.4 Å². The lowest BCUT2D eigenvalue weighted by atomic mass is 10.3. The number of benzene rings is 1. The van der Waals surface area contributed by atoms with Crippen molar-refractivity contribution < 1.29 is 18.3 Å². The molecule has 0 amide bonds. The van der Waals surface area contributed by atoms with Crippen LogP contribution >= 0.6 is 22.9 Å². The highest BCUT2D eigenvalue weighted by atomic mass is 35.5. The zero-order valence-corrected chi connectivity index (χ0v) is 14.5. The molecule has 2 N–H and O–H groups in total. The minimum absolute atomic E-state index is 0.00591. The lowest BCUT2D eigenvalue weighted by Crippen LogP contribution is -2.04. The van der Waals surface area contributed by atoms with E-state index >= 15 is 0 Å². The van der Waals surface area contributed by atoms with Crippen LogP contribution in [-0.2, 0) is 9.84 Å². The van der Waals surface area contributed by atoms with Crippen LogP contribution in [0.25, 0.3) is 5.76 Å². The lowest BCUT2D eigenvalue weighted by Gasteiger charge is -2.00. The van der Waals surface area contributed by atoms with Crippen LogP contribution in [0.1, 0.15) is 15.6 Å². The van der Waals surface area contributed by atoms with E-state index in [9.17, 15) is 18.3 Å². The molecule has 0 spiro atoms. The first-order valence-electron chi connectivity index (χ1n) is 6.53. The minimum Gasteiger partial charge on any atom is -0.504 e. The fraction of sp³-hybridized carbons (Fsp3) is 0. The maximum Gasteiger partial charge on any atom is 0.239 e. The third kappa shape index (κ3) is 3.57. The molecular formula is C13H8ClN5O4S2. The number of nitrogens with one attached hydrogen (secondary N) is 1. The Hall–Kier alpha value is -2.63. The molecule has 0 fully saturated rings. The number of sulfone groups is 1. The molecule has 25 heavy (non-hydrogen) atoms. The Morgan fingerprint density at radius 3 is 2.64 bits per heavy atom. The van der Waals surface area contributed by atoms with Crippen LogP contribution in [0, 0.1) is 0 Å². The first kappa shape index (κ1) is 17.2. The van der Waals surface area contributed by atoms with Gasteiger partial charge in [-0.2, -0.15) is 5.21 Å². The summed E-state index contributed by atoms with van der Waals surface area (Å²) in [5, 5.41) is 23.4. The third-order valence-corrected chi connectivity index (χ3v) is 5.85. The summed E-state index contributed by atoms with van der Waals surface area (Å²) in [4.78, 5) is 15.9. The molecule has 12 heteroatoms. The number of tetrazole rings is 1. The van der Waals surface area contributed by atoms with Gasteiger partial charge in [0.25, 0.3) is 0 Å². The molecule has 2 heterocycles. The molecule has 0 radical (unpaired) electrons. The maximum atomic E-state index is 12.5. The number of aromatic amines is 1. The Morgan fingerprint density at radius 1 is 1.28 bits per heavy atom. The van der Waals surface area contributed by atoms with E-state index in [1.807, 2.05) is 0 Å². The van der Waals surface area contributed by atoms with Gasteiger partial charge in [0.05, 0.1) is 4.90 Å². The number of carbonyl (C=O) groups is 1. The zero-order chi connectivity index (χ0) is 18.0. The maximum absolute atomic E-state index is 12.5. The predicted octanol–water partition coefficient (Wildman–Crippen LogP) is 1.92. The summed E-state index contributed by atoms with van der Waals surface area (Å²) >= 11 is 6.58. The lowest BCUT2D eigenvalue weighted by molar-refractivity contribution is 0.104. The Morgan fingerprint density at radius 2 is 2.00 bits per heavy atom. The number of H-pyrrole nitrogens is 1.